The number of rotatable bonds is 4. The van der Waals surface area contributed by atoms with Crippen molar-refractivity contribution >= 4 is 34.1 Å². The van der Waals surface area contributed by atoms with Crippen molar-refractivity contribution in [2.24, 2.45) is 0 Å². The van der Waals surface area contributed by atoms with Gasteiger partial charge in [-0.05, 0) is 59.0 Å². The number of hydrogen-bond donors (Lipinski definition) is 0. The second kappa shape index (κ2) is 6.53. The monoisotopic (exact) mass is 376 g/mol. The number of carbonyl (C=O) groups excluding carboxylic acids is 1. The zero-order valence-corrected chi connectivity index (χ0v) is 13.2. The molecule has 0 atom stereocenters. The lowest BCUT2D eigenvalue weighted by Crippen LogP contribution is -2.25. The van der Waals surface area contributed by atoms with Gasteiger partial charge in [-0.15, -0.1) is 0 Å². The molecule has 0 N–H and O–H groups in total. The van der Waals surface area contributed by atoms with Crippen LogP contribution < -0.4 is 4.90 Å². The lowest BCUT2D eigenvalue weighted by molar-refractivity contribution is 0.100. The Morgan fingerprint density at radius 1 is 1.15 bits per heavy atom. The first kappa shape index (κ1) is 14.5. The van der Waals surface area contributed by atoms with Gasteiger partial charge in [0.1, 0.15) is 0 Å². The summed E-state index contributed by atoms with van der Waals surface area (Å²) in [5.74, 6) is 0.0771. The maximum atomic E-state index is 12.2. The van der Waals surface area contributed by atoms with Crippen molar-refractivity contribution < 1.29 is 4.79 Å². The average Bonchev–Trinajstić information content (AvgIpc) is 2.48. The van der Waals surface area contributed by atoms with Gasteiger partial charge in [-0.25, -0.2) is 0 Å². The van der Waals surface area contributed by atoms with Crippen LogP contribution in [0, 0.1) is 14.9 Å². The van der Waals surface area contributed by atoms with Crippen LogP contribution in [0.5, 0.6) is 0 Å². The van der Waals surface area contributed by atoms with Gasteiger partial charge in [0, 0.05) is 21.9 Å². The van der Waals surface area contributed by atoms with E-state index in [2.05, 4.69) is 28.7 Å². The van der Waals surface area contributed by atoms with E-state index in [-0.39, 0.29) is 5.78 Å². The molecule has 0 aliphatic rings. The van der Waals surface area contributed by atoms with Crippen LogP contribution in [0.15, 0.2) is 48.5 Å². The summed E-state index contributed by atoms with van der Waals surface area (Å²) < 4.78 is 1.11. The summed E-state index contributed by atoms with van der Waals surface area (Å²) in [6, 6.07) is 16.8. The number of hydrogen-bond acceptors (Lipinski definition) is 3. The fourth-order valence-corrected chi connectivity index (χ4v) is 2.18. The molecule has 0 aromatic heterocycles. The van der Waals surface area contributed by atoms with E-state index in [4.69, 9.17) is 5.26 Å². The number of Topliss-reactive ketones (excluding diaryl/α,β-unsaturated/α-hetero) is 1. The van der Waals surface area contributed by atoms with Gasteiger partial charge in [-0.3, -0.25) is 4.79 Å². The maximum absolute atomic E-state index is 12.2. The van der Waals surface area contributed by atoms with Crippen molar-refractivity contribution in [3.63, 3.8) is 0 Å². The summed E-state index contributed by atoms with van der Waals surface area (Å²) in [7, 11) is 1.87. The van der Waals surface area contributed by atoms with E-state index in [1.807, 2.05) is 48.3 Å². The van der Waals surface area contributed by atoms with E-state index in [1.54, 1.807) is 12.1 Å². The number of carbonyl (C=O) groups is 1. The number of nitriles is 1. The summed E-state index contributed by atoms with van der Waals surface area (Å²) in [6.45, 7) is 0.312. The molecule has 20 heavy (non-hydrogen) atoms. The van der Waals surface area contributed by atoms with Gasteiger partial charge >= 0.3 is 0 Å². The minimum Gasteiger partial charge on any atom is -0.367 e. The van der Waals surface area contributed by atoms with E-state index < -0.39 is 0 Å². The summed E-state index contributed by atoms with van der Waals surface area (Å²) in [6.07, 6.45) is 0. The average molecular weight is 376 g/mol. The third-order valence-corrected chi connectivity index (χ3v) is 3.70. The minimum absolute atomic E-state index is 0.0771. The van der Waals surface area contributed by atoms with Crippen LogP contribution in [0.3, 0.4) is 0 Å². The van der Waals surface area contributed by atoms with Crippen LogP contribution in [0.1, 0.15) is 15.9 Å². The fraction of sp³-hybridized carbons (Fsp3) is 0.125. The summed E-state index contributed by atoms with van der Waals surface area (Å²) >= 11 is 2.21. The van der Waals surface area contributed by atoms with Gasteiger partial charge < -0.3 is 4.90 Å². The second-order valence-corrected chi connectivity index (χ2v) is 5.69. The predicted octanol–water partition coefficient (Wildman–Crippen LogP) is 3.48. The molecule has 0 fully saturated rings. The SMILES string of the molecule is CN(CC(=O)c1ccc(I)cc1)c1ccc(C#N)cc1. The largest absolute Gasteiger partial charge is 0.367 e. The Morgan fingerprint density at radius 2 is 1.75 bits per heavy atom. The van der Waals surface area contributed by atoms with E-state index in [0.717, 1.165) is 9.26 Å². The van der Waals surface area contributed by atoms with E-state index in [9.17, 15) is 4.79 Å². The summed E-state index contributed by atoms with van der Waals surface area (Å²) in [5.41, 5.74) is 2.25. The van der Waals surface area contributed by atoms with E-state index >= 15 is 0 Å². The summed E-state index contributed by atoms with van der Waals surface area (Å²) in [5, 5.41) is 8.77. The highest BCUT2D eigenvalue weighted by molar-refractivity contribution is 14.1. The zero-order chi connectivity index (χ0) is 14.5. The Hall–Kier alpha value is -1.87. The Kier molecular flexibility index (Phi) is 4.74. The van der Waals surface area contributed by atoms with Crippen molar-refractivity contribution in [2.75, 3.05) is 18.5 Å². The van der Waals surface area contributed by atoms with Gasteiger partial charge in [0.05, 0.1) is 18.2 Å². The number of halogens is 1. The molecule has 0 unspecified atom stereocenters. The molecule has 2 aromatic rings. The molecule has 100 valence electrons. The summed E-state index contributed by atoms with van der Waals surface area (Å²) in [4.78, 5) is 14.0. The van der Waals surface area contributed by atoms with Crippen molar-refractivity contribution in [1.82, 2.24) is 0 Å². The molecule has 0 amide bonds. The molecular weight excluding hydrogens is 363 g/mol. The molecule has 0 aliphatic heterocycles. The standard InChI is InChI=1S/C16H13IN2O/c1-19(15-8-2-12(10-18)3-9-15)11-16(20)13-4-6-14(17)7-5-13/h2-9H,11H2,1H3. The molecule has 2 aromatic carbocycles. The van der Waals surface area contributed by atoms with Crippen LogP contribution in [-0.4, -0.2) is 19.4 Å². The number of anilines is 1. The van der Waals surface area contributed by atoms with Crippen molar-refractivity contribution in [2.45, 2.75) is 0 Å². The van der Waals surface area contributed by atoms with Crippen LogP contribution in [0.25, 0.3) is 0 Å². The second-order valence-electron chi connectivity index (χ2n) is 4.44. The fourth-order valence-electron chi connectivity index (χ4n) is 1.82. The highest BCUT2D eigenvalue weighted by atomic mass is 127. The molecule has 0 aliphatic carbocycles. The molecule has 0 radical (unpaired) electrons. The first-order valence-electron chi connectivity index (χ1n) is 6.10. The maximum Gasteiger partial charge on any atom is 0.182 e. The minimum atomic E-state index is 0.0771. The zero-order valence-electron chi connectivity index (χ0n) is 11.0. The molecule has 2 rings (SSSR count). The van der Waals surface area contributed by atoms with Crippen molar-refractivity contribution in [3.8, 4) is 6.07 Å². The highest BCUT2D eigenvalue weighted by Gasteiger charge is 2.10. The molecule has 0 saturated carbocycles. The van der Waals surface area contributed by atoms with Gasteiger partial charge in [0.25, 0.3) is 0 Å². The molecule has 0 spiro atoms. The number of likely N-dealkylation sites (N-methyl/N-ethyl adjacent to an activating group) is 1. The van der Waals surface area contributed by atoms with Gasteiger partial charge in [-0.1, -0.05) is 12.1 Å². The topological polar surface area (TPSA) is 44.1 Å². The number of nitrogens with zero attached hydrogens (tertiary/aromatic N) is 2. The third kappa shape index (κ3) is 3.58. The van der Waals surface area contributed by atoms with Crippen LogP contribution in [-0.2, 0) is 0 Å². The normalized spacial score (nSPS) is 9.85. The molecule has 0 heterocycles. The van der Waals surface area contributed by atoms with Crippen molar-refractivity contribution in [1.29, 1.82) is 5.26 Å². The third-order valence-electron chi connectivity index (χ3n) is 2.98. The van der Waals surface area contributed by atoms with E-state index in [1.165, 1.54) is 0 Å². The Morgan fingerprint density at radius 3 is 2.30 bits per heavy atom. The first-order valence-corrected chi connectivity index (χ1v) is 7.18. The number of ketones is 1. The Labute approximate surface area is 132 Å². The lowest BCUT2D eigenvalue weighted by atomic mass is 10.1. The molecular formula is C16H13IN2O. The lowest BCUT2D eigenvalue weighted by Gasteiger charge is -2.18. The molecule has 0 saturated heterocycles. The van der Waals surface area contributed by atoms with Gasteiger partial charge in [-0.2, -0.15) is 5.26 Å². The van der Waals surface area contributed by atoms with Crippen LogP contribution >= 0.6 is 22.6 Å². The van der Waals surface area contributed by atoms with E-state index in [0.29, 0.717) is 17.7 Å². The van der Waals surface area contributed by atoms with Crippen LogP contribution in [0.2, 0.25) is 0 Å². The van der Waals surface area contributed by atoms with Crippen molar-refractivity contribution in [3.05, 3.63) is 63.2 Å². The Bertz CT molecular complexity index is 642. The van der Waals surface area contributed by atoms with Crippen LogP contribution in [0.4, 0.5) is 5.69 Å². The molecule has 4 heteroatoms. The van der Waals surface area contributed by atoms with Gasteiger partial charge in [0.15, 0.2) is 5.78 Å². The smallest absolute Gasteiger partial charge is 0.182 e. The Balaban J connectivity index is 2.06. The first-order chi connectivity index (χ1) is 9.60. The van der Waals surface area contributed by atoms with Gasteiger partial charge in [0.2, 0.25) is 0 Å². The number of benzene rings is 2. The molecule has 3 nitrogen and oxygen atoms in total. The predicted molar refractivity (Wildman–Crippen MR) is 87.9 cm³/mol. The quantitative estimate of drug-likeness (QED) is 0.606. The highest BCUT2D eigenvalue weighted by Crippen LogP contribution is 2.14. The molecule has 0 bridgehead atoms.